The molecule has 0 fully saturated rings. The summed E-state index contributed by atoms with van der Waals surface area (Å²) in [4.78, 5) is 0. The Labute approximate surface area is 189 Å². The number of benzene rings is 2. The van der Waals surface area contributed by atoms with Crippen LogP contribution in [0.25, 0.3) is 6.08 Å². The smallest absolute Gasteiger partial charge is 0 e. The number of rotatable bonds is 3. The van der Waals surface area contributed by atoms with E-state index < -0.39 is 0 Å². The van der Waals surface area contributed by atoms with Gasteiger partial charge in [0.1, 0.15) is 0 Å². The normalized spacial score (nSPS) is 14.1. The minimum atomic E-state index is 0. The van der Waals surface area contributed by atoms with Crippen LogP contribution in [0.15, 0.2) is 54.6 Å². The third-order valence-corrected chi connectivity index (χ3v) is 6.19. The molecule has 0 bridgehead atoms. The van der Waals surface area contributed by atoms with Gasteiger partial charge in [-0.05, 0) is 12.0 Å². The molecule has 4 rings (SSSR count). The van der Waals surface area contributed by atoms with Crippen molar-refractivity contribution in [1.29, 1.82) is 0 Å². The van der Waals surface area contributed by atoms with Crippen molar-refractivity contribution >= 4 is 6.08 Å². The molecule has 0 amide bonds. The number of hydrogen-bond acceptors (Lipinski definition) is 0. The van der Waals surface area contributed by atoms with E-state index in [0.717, 1.165) is 12.8 Å². The van der Waals surface area contributed by atoms with Crippen molar-refractivity contribution in [2.45, 2.75) is 53.4 Å². The van der Waals surface area contributed by atoms with Gasteiger partial charge >= 0.3 is 0 Å². The number of fused-ring (bicyclic) bond motifs is 1. The summed E-state index contributed by atoms with van der Waals surface area (Å²) in [6, 6.07) is 19.3. The molecule has 0 aliphatic heterocycles. The van der Waals surface area contributed by atoms with Gasteiger partial charge in [0.05, 0.1) is 0 Å². The Morgan fingerprint density at radius 2 is 1.39 bits per heavy atom. The van der Waals surface area contributed by atoms with Crippen molar-refractivity contribution in [1.82, 2.24) is 0 Å². The largest absolute Gasteiger partial charge is 0.268 e. The van der Waals surface area contributed by atoms with Gasteiger partial charge in [-0.3, -0.25) is 6.08 Å². The molecule has 0 N–H and O–H groups in total. The number of allylic oxidation sites excluding steroid dienone is 1. The van der Waals surface area contributed by atoms with Crippen LogP contribution in [-0.4, -0.2) is 0 Å². The van der Waals surface area contributed by atoms with E-state index in [1.165, 1.54) is 44.5 Å². The van der Waals surface area contributed by atoms with Gasteiger partial charge < -0.3 is 0 Å². The predicted octanol–water partition coefficient (Wildman–Crippen LogP) is 7.18. The fourth-order valence-electron chi connectivity index (χ4n) is 3.84. The molecule has 1 aliphatic rings. The molecule has 1 aliphatic carbocycles. The Hall–Kier alpha value is -1.60. The second-order valence-electron chi connectivity index (χ2n) is 7.64. The fourth-order valence-corrected chi connectivity index (χ4v) is 3.84. The van der Waals surface area contributed by atoms with Gasteiger partial charge in [0.15, 0.2) is 0 Å². The van der Waals surface area contributed by atoms with Crippen LogP contribution in [-0.2, 0) is 32.3 Å². The van der Waals surface area contributed by atoms with Crippen molar-refractivity contribution in [3.63, 3.8) is 0 Å². The zero-order chi connectivity index (χ0) is 19.4. The van der Waals surface area contributed by atoms with Gasteiger partial charge in [0.2, 0.25) is 0 Å². The van der Waals surface area contributed by atoms with Crippen LogP contribution in [0, 0.1) is 40.7 Å². The van der Waals surface area contributed by atoms with Crippen molar-refractivity contribution < 1.29 is 25.8 Å². The number of aryl methyl sites for hydroxylation is 1. The first kappa shape index (κ1) is 22.7. The van der Waals surface area contributed by atoms with Gasteiger partial charge in [0.25, 0.3) is 0 Å². The summed E-state index contributed by atoms with van der Waals surface area (Å²) >= 11 is 0. The van der Waals surface area contributed by atoms with Crippen LogP contribution in [0.3, 0.4) is 0 Å². The summed E-state index contributed by atoms with van der Waals surface area (Å²) in [5.74, 6) is 0.478. The molecule has 3 aromatic carbocycles. The molecule has 0 saturated heterocycles. The van der Waals surface area contributed by atoms with E-state index in [-0.39, 0.29) is 25.8 Å². The van der Waals surface area contributed by atoms with Crippen molar-refractivity contribution in [3.05, 3.63) is 105 Å². The Morgan fingerprint density at radius 1 is 0.821 bits per heavy atom. The number of hydrogen-bond donors (Lipinski definition) is 0. The topological polar surface area (TPSA) is 0 Å². The van der Waals surface area contributed by atoms with Gasteiger partial charge in [0, 0.05) is 25.8 Å². The fraction of sp³-hybridized carbons (Fsp3) is 0.296. The summed E-state index contributed by atoms with van der Waals surface area (Å²) in [6.45, 7) is 11.0. The Balaban J connectivity index is 0.000000221. The molecule has 3 aromatic rings. The van der Waals surface area contributed by atoms with Crippen molar-refractivity contribution in [2.24, 2.45) is 0 Å². The van der Waals surface area contributed by atoms with E-state index in [1.807, 2.05) is 0 Å². The molecule has 0 nitrogen and oxygen atoms in total. The van der Waals surface area contributed by atoms with Crippen molar-refractivity contribution in [2.75, 3.05) is 0 Å². The van der Waals surface area contributed by atoms with Crippen LogP contribution in [0.5, 0.6) is 0 Å². The van der Waals surface area contributed by atoms with E-state index in [9.17, 15) is 0 Å². The average molecular weight is 533 g/mol. The molecular formula is C27H30Hf-2. The minimum Gasteiger partial charge on any atom is -0.268 e. The van der Waals surface area contributed by atoms with Gasteiger partial charge in [-0.2, -0.15) is 33.4 Å². The third kappa shape index (κ3) is 5.06. The first-order valence-corrected chi connectivity index (χ1v) is 9.90. The molecule has 1 atom stereocenters. The average Bonchev–Trinajstić information content (AvgIpc) is 3.20. The van der Waals surface area contributed by atoms with Crippen LogP contribution in [0.4, 0.5) is 0 Å². The van der Waals surface area contributed by atoms with Gasteiger partial charge in [-0.1, -0.05) is 95.5 Å². The predicted molar refractivity (Wildman–Crippen MR) is 117 cm³/mol. The van der Waals surface area contributed by atoms with Gasteiger partial charge in [-0.25, -0.2) is 6.08 Å². The Bertz CT molecular complexity index is 848. The van der Waals surface area contributed by atoms with Crippen LogP contribution < -0.4 is 0 Å². The summed E-state index contributed by atoms with van der Waals surface area (Å²) in [6.07, 6.45) is 7.87. The quantitative estimate of drug-likeness (QED) is 0.248. The first-order chi connectivity index (χ1) is 13.0. The molecule has 1 unspecified atom stereocenters. The summed E-state index contributed by atoms with van der Waals surface area (Å²) in [5, 5.41) is 0. The summed E-state index contributed by atoms with van der Waals surface area (Å²) in [7, 11) is 0. The molecule has 0 aromatic heterocycles. The maximum atomic E-state index is 3.47. The summed E-state index contributed by atoms with van der Waals surface area (Å²) < 4.78 is 0. The zero-order valence-corrected chi connectivity index (χ0v) is 21.4. The van der Waals surface area contributed by atoms with E-state index in [2.05, 4.69) is 101 Å². The van der Waals surface area contributed by atoms with E-state index >= 15 is 0 Å². The van der Waals surface area contributed by atoms with E-state index in [4.69, 9.17) is 0 Å². The van der Waals surface area contributed by atoms with E-state index in [0.29, 0.717) is 5.92 Å². The third-order valence-electron chi connectivity index (χ3n) is 6.19. The van der Waals surface area contributed by atoms with Crippen LogP contribution in [0.1, 0.15) is 56.8 Å². The molecule has 0 spiro atoms. The summed E-state index contributed by atoms with van der Waals surface area (Å²) in [5.41, 5.74) is 11.5. The zero-order valence-electron chi connectivity index (χ0n) is 17.8. The maximum Gasteiger partial charge on any atom is 0 e. The molecule has 0 heterocycles. The minimum absolute atomic E-state index is 0. The second kappa shape index (κ2) is 10.3. The molecule has 0 radical (unpaired) electrons. The Morgan fingerprint density at radius 3 is 1.96 bits per heavy atom. The van der Waals surface area contributed by atoms with Crippen LogP contribution in [0.2, 0.25) is 0 Å². The van der Waals surface area contributed by atoms with Crippen molar-refractivity contribution in [3.8, 4) is 0 Å². The van der Waals surface area contributed by atoms with E-state index in [1.54, 1.807) is 0 Å². The molecule has 0 saturated carbocycles. The monoisotopic (exact) mass is 534 g/mol. The SMILES string of the molecule is Cc1c(C)c(C)[c-](C)c1C.[C-]1=Cc2ccccc2C1CCc1ccccc1.[Hf]. The molecule has 144 valence electrons. The molecular weight excluding hydrogens is 503 g/mol. The standard InChI is InChI=1S/C17H15.C10H15.Hf/c1-2-6-14(7-3-1)10-11-16-13-12-15-8-4-5-9-17(15)16;1-6-7(2)9(4)10(5)8(6)3;/h1-9,12,16H,10-11H2;1-5H3;/q2*-1;. The maximum absolute atomic E-state index is 3.47. The second-order valence-corrected chi connectivity index (χ2v) is 7.64. The van der Waals surface area contributed by atoms with Gasteiger partial charge in [-0.15, -0.1) is 11.6 Å². The molecule has 28 heavy (non-hydrogen) atoms. The molecule has 1 heteroatoms. The Kier molecular flexibility index (Phi) is 8.31. The van der Waals surface area contributed by atoms with Crippen LogP contribution >= 0.6 is 0 Å². The first-order valence-electron chi connectivity index (χ1n) is 9.90.